The summed E-state index contributed by atoms with van der Waals surface area (Å²) in [6, 6.07) is 13.5. The minimum Gasteiger partial charge on any atom is -0.495 e. The second kappa shape index (κ2) is 10.6. The first-order valence-corrected chi connectivity index (χ1v) is 11.8. The van der Waals surface area contributed by atoms with Crippen molar-refractivity contribution >= 4 is 17.1 Å². The molecule has 0 unspecified atom stereocenters. The molecule has 1 atom stereocenters. The summed E-state index contributed by atoms with van der Waals surface area (Å²) in [6.07, 6.45) is 10.1. The van der Waals surface area contributed by atoms with Crippen molar-refractivity contribution in [3.05, 3.63) is 90.3 Å². The quantitative estimate of drug-likeness (QED) is 0.443. The minimum atomic E-state index is -0.0126. The summed E-state index contributed by atoms with van der Waals surface area (Å²) >= 11 is 0. The molecule has 8 nitrogen and oxygen atoms in total. The molecule has 180 valence electrons. The minimum absolute atomic E-state index is 0.0126. The van der Waals surface area contributed by atoms with Gasteiger partial charge in [-0.15, -0.1) is 0 Å². The molecule has 1 fully saturated rings. The van der Waals surface area contributed by atoms with E-state index in [-0.39, 0.29) is 11.8 Å². The van der Waals surface area contributed by atoms with Gasteiger partial charge in [-0.1, -0.05) is 6.07 Å². The third kappa shape index (κ3) is 5.27. The third-order valence-corrected chi connectivity index (χ3v) is 6.29. The lowest BCUT2D eigenvalue weighted by Crippen LogP contribution is -2.36. The standard InChI is InChI=1S/C27H29N5O3/c1-34-26-7-6-22(15-24(26)30-17-20-4-2-8-28-16-20)27(33)32-12-13-35-19-21(18-32)14-23-25-5-3-10-31(25)11-9-29-23/h2-11,15-16,21,30H,12-14,17-19H2,1H3/t21-/m0/s1. The molecule has 4 aromatic rings. The second-order valence-electron chi connectivity index (χ2n) is 8.70. The summed E-state index contributed by atoms with van der Waals surface area (Å²) in [6.45, 7) is 2.89. The molecule has 8 heteroatoms. The Labute approximate surface area is 204 Å². The zero-order valence-corrected chi connectivity index (χ0v) is 19.8. The third-order valence-electron chi connectivity index (χ3n) is 6.29. The van der Waals surface area contributed by atoms with Crippen molar-refractivity contribution in [3.8, 4) is 5.75 Å². The molecule has 0 bridgehead atoms. The Kier molecular flexibility index (Phi) is 6.90. The van der Waals surface area contributed by atoms with Crippen molar-refractivity contribution in [2.24, 2.45) is 5.92 Å². The number of nitrogens with one attached hydrogen (secondary N) is 1. The predicted octanol–water partition coefficient (Wildman–Crippen LogP) is 3.68. The van der Waals surface area contributed by atoms with Crippen molar-refractivity contribution in [3.63, 3.8) is 0 Å². The molecule has 0 radical (unpaired) electrons. The van der Waals surface area contributed by atoms with Gasteiger partial charge in [0.2, 0.25) is 0 Å². The number of hydrogen-bond acceptors (Lipinski definition) is 6. The maximum atomic E-state index is 13.5. The van der Waals surface area contributed by atoms with Crippen molar-refractivity contribution in [2.75, 3.05) is 38.7 Å². The number of nitrogens with zero attached hydrogens (tertiary/aromatic N) is 4. The van der Waals surface area contributed by atoms with Gasteiger partial charge in [0.05, 0.1) is 37.2 Å². The predicted molar refractivity (Wildman–Crippen MR) is 134 cm³/mol. The van der Waals surface area contributed by atoms with Gasteiger partial charge in [-0.05, 0) is 48.4 Å². The molecule has 1 N–H and O–H groups in total. The topological polar surface area (TPSA) is 81.0 Å². The van der Waals surface area contributed by atoms with Gasteiger partial charge in [0.15, 0.2) is 0 Å². The number of carbonyl (C=O) groups excluding carboxylic acids is 1. The maximum absolute atomic E-state index is 13.5. The molecular weight excluding hydrogens is 442 g/mol. The van der Waals surface area contributed by atoms with E-state index in [9.17, 15) is 4.79 Å². The number of anilines is 1. The first-order chi connectivity index (χ1) is 17.2. The van der Waals surface area contributed by atoms with Crippen LogP contribution in [0.2, 0.25) is 0 Å². The van der Waals surface area contributed by atoms with E-state index in [1.165, 1.54) is 0 Å². The highest BCUT2D eigenvalue weighted by atomic mass is 16.5. The van der Waals surface area contributed by atoms with E-state index in [0.717, 1.165) is 28.9 Å². The van der Waals surface area contributed by atoms with E-state index in [4.69, 9.17) is 9.47 Å². The molecule has 5 rings (SSSR count). The summed E-state index contributed by atoms with van der Waals surface area (Å²) in [5, 5.41) is 3.38. The van der Waals surface area contributed by atoms with Crippen molar-refractivity contribution in [1.29, 1.82) is 0 Å². The maximum Gasteiger partial charge on any atom is 0.254 e. The van der Waals surface area contributed by atoms with Crippen molar-refractivity contribution in [1.82, 2.24) is 19.3 Å². The first-order valence-electron chi connectivity index (χ1n) is 11.8. The van der Waals surface area contributed by atoms with Gasteiger partial charge in [-0.3, -0.25) is 14.8 Å². The molecule has 0 aliphatic carbocycles. The lowest BCUT2D eigenvalue weighted by molar-refractivity contribution is 0.0737. The van der Waals surface area contributed by atoms with Crippen LogP contribution in [0.3, 0.4) is 0 Å². The normalized spacial score (nSPS) is 16.1. The van der Waals surface area contributed by atoms with Crippen LogP contribution in [-0.2, 0) is 17.7 Å². The zero-order valence-electron chi connectivity index (χ0n) is 19.8. The molecule has 0 spiro atoms. The Balaban J connectivity index is 1.31. The fourth-order valence-corrected chi connectivity index (χ4v) is 4.51. The summed E-state index contributed by atoms with van der Waals surface area (Å²) in [4.78, 5) is 24.2. The molecule has 3 aromatic heterocycles. The molecule has 35 heavy (non-hydrogen) atoms. The number of carbonyl (C=O) groups is 1. The van der Waals surface area contributed by atoms with E-state index in [1.807, 2.05) is 66.1 Å². The molecule has 1 aromatic carbocycles. The van der Waals surface area contributed by atoms with Crippen LogP contribution in [0.4, 0.5) is 5.69 Å². The average Bonchev–Trinajstić information content (AvgIpc) is 3.27. The number of rotatable bonds is 7. The summed E-state index contributed by atoms with van der Waals surface area (Å²) in [5.41, 5.74) is 4.55. The van der Waals surface area contributed by atoms with Gasteiger partial charge in [-0.25, -0.2) is 0 Å². The number of aromatic nitrogens is 3. The van der Waals surface area contributed by atoms with Gasteiger partial charge < -0.3 is 24.1 Å². The van der Waals surface area contributed by atoms with Crippen LogP contribution in [-0.4, -0.2) is 58.6 Å². The zero-order chi connectivity index (χ0) is 24.0. The molecule has 0 saturated carbocycles. The van der Waals surface area contributed by atoms with Gasteiger partial charge in [0, 0.05) is 62.1 Å². The first kappa shape index (κ1) is 22.9. The van der Waals surface area contributed by atoms with Crippen LogP contribution in [0.1, 0.15) is 21.6 Å². The Bertz CT molecular complexity index is 1290. The molecule has 1 aliphatic rings. The largest absolute Gasteiger partial charge is 0.495 e. The summed E-state index contributed by atoms with van der Waals surface area (Å²) in [5.74, 6) is 0.840. The van der Waals surface area contributed by atoms with Crippen LogP contribution < -0.4 is 10.1 Å². The summed E-state index contributed by atoms with van der Waals surface area (Å²) in [7, 11) is 1.63. The van der Waals surface area contributed by atoms with Gasteiger partial charge in [0.1, 0.15) is 5.75 Å². The van der Waals surface area contributed by atoms with E-state index >= 15 is 0 Å². The number of hydrogen-bond donors (Lipinski definition) is 1. The Morgan fingerprint density at radius 2 is 2.14 bits per heavy atom. The van der Waals surface area contributed by atoms with E-state index < -0.39 is 0 Å². The molecule has 1 saturated heterocycles. The van der Waals surface area contributed by atoms with Crippen molar-refractivity contribution < 1.29 is 14.3 Å². The van der Waals surface area contributed by atoms with E-state index in [2.05, 4.69) is 25.8 Å². The van der Waals surface area contributed by atoms with Crippen LogP contribution in [0.5, 0.6) is 5.75 Å². The fourth-order valence-electron chi connectivity index (χ4n) is 4.51. The number of pyridine rings is 1. The molecular formula is C27H29N5O3. The molecule has 4 heterocycles. The van der Waals surface area contributed by atoms with Gasteiger partial charge >= 0.3 is 0 Å². The van der Waals surface area contributed by atoms with Crippen LogP contribution in [0.15, 0.2) is 73.4 Å². The lowest BCUT2D eigenvalue weighted by Gasteiger charge is -2.24. The number of amides is 1. The monoisotopic (exact) mass is 471 g/mol. The van der Waals surface area contributed by atoms with Crippen LogP contribution in [0.25, 0.3) is 5.52 Å². The average molecular weight is 472 g/mol. The number of methoxy groups -OCH3 is 1. The van der Waals surface area contributed by atoms with Crippen LogP contribution in [0, 0.1) is 5.92 Å². The SMILES string of the molecule is COc1ccc(C(=O)N2CCOC[C@@H](Cc3nccn4cccc34)C2)cc1NCc1cccnc1. The highest BCUT2D eigenvalue weighted by molar-refractivity contribution is 5.95. The Hall–Kier alpha value is -3.91. The smallest absolute Gasteiger partial charge is 0.254 e. The highest BCUT2D eigenvalue weighted by Crippen LogP contribution is 2.27. The van der Waals surface area contributed by atoms with E-state index in [1.54, 1.807) is 13.3 Å². The number of ether oxygens (including phenoxy) is 2. The van der Waals surface area contributed by atoms with Gasteiger partial charge in [-0.2, -0.15) is 0 Å². The Morgan fingerprint density at radius 1 is 1.20 bits per heavy atom. The lowest BCUT2D eigenvalue weighted by atomic mass is 10.0. The molecule has 1 amide bonds. The van der Waals surface area contributed by atoms with Gasteiger partial charge in [0.25, 0.3) is 5.91 Å². The fraction of sp³-hybridized carbons (Fsp3) is 0.296. The highest BCUT2D eigenvalue weighted by Gasteiger charge is 2.25. The number of benzene rings is 1. The van der Waals surface area contributed by atoms with Crippen molar-refractivity contribution in [2.45, 2.75) is 13.0 Å². The number of fused-ring (bicyclic) bond motifs is 1. The second-order valence-corrected chi connectivity index (χ2v) is 8.70. The summed E-state index contributed by atoms with van der Waals surface area (Å²) < 4.78 is 13.5. The van der Waals surface area contributed by atoms with Crippen LogP contribution >= 0.6 is 0 Å². The molecule has 1 aliphatic heterocycles. The Morgan fingerprint density at radius 3 is 3.00 bits per heavy atom. The van der Waals surface area contributed by atoms with E-state index in [0.29, 0.717) is 44.2 Å².